The Hall–Kier alpha value is -2.34. The predicted octanol–water partition coefficient (Wildman–Crippen LogP) is 6.31. The van der Waals surface area contributed by atoms with Crippen molar-refractivity contribution in [1.82, 2.24) is 14.9 Å². The maximum atomic E-state index is 13.7. The molecule has 0 amide bonds. The molecular weight excluding hydrogens is 555 g/mol. The monoisotopic (exact) mass is 601 g/mol. The summed E-state index contributed by atoms with van der Waals surface area (Å²) < 4.78 is 45.8. The second-order valence-corrected chi connectivity index (χ2v) is 10.4. The Morgan fingerprint density at radius 2 is 1.63 bits per heavy atom. The summed E-state index contributed by atoms with van der Waals surface area (Å²) in [6.07, 6.45) is 2.23. The van der Waals surface area contributed by atoms with E-state index in [1.54, 1.807) is 19.2 Å². The van der Waals surface area contributed by atoms with E-state index in [0.717, 1.165) is 18.8 Å². The van der Waals surface area contributed by atoms with Crippen molar-refractivity contribution in [3.05, 3.63) is 40.9 Å². The largest absolute Gasteiger partial charge is 0.393 e. The van der Waals surface area contributed by atoms with E-state index in [0.29, 0.717) is 37.0 Å². The maximum absolute atomic E-state index is 13.7. The highest BCUT2D eigenvalue weighted by molar-refractivity contribution is 6.28. The average molecular weight is 602 g/mol. The van der Waals surface area contributed by atoms with Gasteiger partial charge in [-0.1, -0.05) is 39.8 Å². The molecule has 2 aliphatic heterocycles. The first-order chi connectivity index (χ1) is 19.6. The van der Waals surface area contributed by atoms with Crippen molar-refractivity contribution < 1.29 is 17.9 Å². The Labute approximate surface area is 248 Å². The van der Waals surface area contributed by atoms with Crippen LogP contribution >= 0.6 is 11.6 Å². The molecule has 3 heterocycles. The number of anilines is 3. The lowest BCUT2D eigenvalue weighted by atomic mass is 9.73. The number of benzene rings is 1. The van der Waals surface area contributed by atoms with Crippen molar-refractivity contribution >= 4 is 28.9 Å². The van der Waals surface area contributed by atoms with Crippen LogP contribution in [0.3, 0.4) is 0 Å². The number of halogens is 4. The van der Waals surface area contributed by atoms with Crippen LogP contribution in [0.25, 0.3) is 0 Å². The molecule has 8 nitrogen and oxygen atoms in total. The number of nitrogens with two attached hydrogens (primary N) is 2. The molecule has 1 saturated carbocycles. The standard InChI is InChI=1S/C21H27ClF3N7.C4H8O.2C2H6/c1-12-11-31(7-8-32(12)19-16(26)18(30(2)27)28-20(22)29-19)17(14-9-21(24,25)10-14)13-3-5-15(23)6-4-13;1-2-4-5-3-1;2*1-2/h3-6,12,14,17H,7-11,26-27H2,1-2H3;1-4H2;2*1-2H3. The Balaban J connectivity index is 0.000000571. The first-order valence-electron chi connectivity index (χ1n) is 14.6. The smallest absolute Gasteiger partial charge is 0.248 e. The minimum Gasteiger partial charge on any atom is -0.393 e. The topological polar surface area (TPSA) is 96.8 Å². The van der Waals surface area contributed by atoms with E-state index in [2.05, 4.69) is 14.9 Å². The molecule has 1 aromatic carbocycles. The lowest BCUT2D eigenvalue weighted by molar-refractivity contribution is -0.133. The van der Waals surface area contributed by atoms with Gasteiger partial charge in [0.2, 0.25) is 11.2 Å². The zero-order valence-electron chi connectivity index (χ0n) is 25.2. The number of piperazine rings is 1. The fourth-order valence-electron chi connectivity index (χ4n) is 5.34. The zero-order chi connectivity index (χ0) is 30.7. The van der Waals surface area contributed by atoms with Gasteiger partial charge < -0.3 is 15.4 Å². The fraction of sp³-hybridized carbons (Fsp3) is 0.655. The molecule has 0 spiro atoms. The molecule has 1 aromatic heterocycles. The molecule has 41 heavy (non-hydrogen) atoms. The number of alkyl halides is 2. The third-order valence-corrected chi connectivity index (χ3v) is 7.31. The first-order valence-corrected chi connectivity index (χ1v) is 15.0. The van der Waals surface area contributed by atoms with Crippen molar-refractivity contribution in [2.75, 3.05) is 55.5 Å². The van der Waals surface area contributed by atoms with Crippen molar-refractivity contribution in [3.63, 3.8) is 0 Å². The molecule has 0 radical (unpaired) electrons. The summed E-state index contributed by atoms with van der Waals surface area (Å²) in [4.78, 5) is 12.6. The highest BCUT2D eigenvalue weighted by Gasteiger charge is 2.50. The number of nitrogen functional groups attached to an aromatic ring is 1. The van der Waals surface area contributed by atoms with Gasteiger partial charge in [-0.3, -0.25) is 9.91 Å². The molecule has 2 aromatic rings. The van der Waals surface area contributed by atoms with E-state index in [9.17, 15) is 13.2 Å². The number of nitrogens with zero attached hydrogens (tertiary/aromatic N) is 5. The van der Waals surface area contributed by atoms with Crippen LogP contribution < -0.4 is 21.5 Å². The van der Waals surface area contributed by atoms with Crippen LogP contribution in [0.1, 0.15) is 71.9 Å². The normalized spacial score (nSPS) is 20.8. The molecule has 5 rings (SSSR count). The predicted molar refractivity (Wildman–Crippen MR) is 162 cm³/mol. The molecular formula is C29H47ClF3N7O. The number of hydrazine groups is 1. The van der Waals surface area contributed by atoms with E-state index in [4.69, 9.17) is 27.9 Å². The summed E-state index contributed by atoms with van der Waals surface area (Å²) in [7, 11) is 1.61. The summed E-state index contributed by atoms with van der Waals surface area (Å²) in [5, 5.41) is 1.33. The van der Waals surface area contributed by atoms with E-state index >= 15 is 0 Å². The minimum absolute atomic E-state index is 0.0310. The molecule has 0 bridgehead atoms. The molecule has 232 valence electrons. The van der Waals surface area contributed by atoms with Gasteiger partial charge in [0.25, 0.3) is 0 Å². The van der Waals surface area contributed by atoms with Gasteiger partial charge in [-0.05, 0) is 55.0 Å². The highest BCUT2D eigenvalue weighted by Crippen LogP contribution is 2.50. The third-order valence-electron chi connectivity index (χ3n) is 7.14. The van der Waals surface area contributed by atoms with Crippen molar-refractivity contribution in [3.8, 4) is 0 Å². The van der Waals surface area contributed by atoms with Crippen molar-refractivity contribution in [1.29, 1.82) is 0 Å². The van der Waals surface area contributed by atoms with E-state index < -0.39 is 5.92 Å². The number of hydrogen-bond donors (Lipinski definition) is 2. The second kappa shape index (κ2) is 16.3. The fourth-order valence-corrected chi connectivity index (χ4v) is 5.50. The van der Waals surface area contributed by atoms with Gasteiger partial charge in [0.15, 0.2) is 11.6 Å². The van der Waals surface area contributed by atoms with Crippen LogP contribution in [-0.4, -0.2) is 66.7 Å². The quantitative estimate of drug-likeness (QED) is 0.234. The Morgan fingerprint density at radius 1 is 1.05 bits per heavy atom. The summed E-state index contributed by atoms with van der Waals surface area (Å²) in [5.74, 6) is 3.48. The summed E-state index contributed by atoms with van der Waals surface area (Å²) in [5.41, 5.74) is 7.45. The van der Waals surface area contributed by atoms with E-state index in [1.807, 2.05) is 39.5 Å². The van der Waals surface area contributed by atoms with E-state index in [-0.39, 0.29) is 41.9 Å². The molecule has 1 aliphatic carbocycles. The van der Waals surface area contributed by atoms with Gasteiger partial charge in [0.05, 0.1) is 0 Å². The summed E-state index contributed by atoms with van der Waals surface area (Å²) in [6, 6.07) is 5.91. The van der Waals surface area contributed by atoms with Gasteiger partial charge in [-0.15, -0.1) is 0 Å². The zero-order valence-corrected chi connectivity index (χ0v) is 26.0. The Morgan fingerprint density at radius 3 is 2.10 bits per heavy atom. The number of aromatic nitrogens is 2. The lowest BCUT2D eigenvalue weighted by Crippen LogP contribution is -2.56. The summed E-state index contributed by atoms with van der Waals surface area (Å²) >= 11 is 6.10. The average Bonchev–Trinajstić information content (AvgIpc) is 3.53. The third kappa shape index (κ3) is 9.33. The molecule has 3 fully saturated rings. The first kappa shape index (κ1) is 34.9. The molecule has 4 N–H and O–H groups in total. The maximum Gasteiger partial charge on any atom is 0.248 e. The number of rotatable bonds is 5. The Bertz CT molecular complexity index is 1040. The van der Waals surface area contributed by atoms with Gasteiger partial charge in [-0.2, -0.15) is 9.97 Å². The van der Waals surface area contributed by atoms with Crippen LogP contribution in [-0.2, 0) is 4.74 Å². The Kier molecular flexibility index (Phi) is 13.9. The highest BCUT2D eigenvalue weighted by atomic mass is 35.5. The SMILES string of the molecule is C1CCOC1.CC.CC.CC1CN(C(c2ccc(F)cc2)C2CC(F)(F)C2)CCN1c1nc(Cl)nc(N(C)N)c1N. The number of hydrogen-bond acceptors (Lipinski definition) is 8. The van der Waals surface area contributed by atoms with Gasteiger partial charge in [0.1, 0.15) is 11.5 Å². The van der Waals surface area contributed by atoms with Crippen LogP contribution in [0.5, 0.6) is 0 Å². The summed E-state index contributed by atoms with van der Waals surface area (Å²) in [6.45, 7) is 13.8. The van der Waals surface area contributed by atoms with Gasteiger partial charge in [0, 0.05) is 64.8 Å². The molecule has 2 atom stereocenters. The molecule has 3 aliphatic rings. The second-order valence-electron chi connectivity index (χ2n) is 10.0. The lowest BCUT2D eigenvalue weighted by Gasteiger charge is -2.49. The number of ether oxygens (including phenoxy) is 1. The van der Waals surface area contributed by atoms with Crippen LogP contribution in [0.4, 0.5) is 30.5 Å². The minimum atomic E-state index is -2.63. The van der Waals surface area contributed by atoms with Crippen LogP contribution in [0, 0.1) is 11.7 Å². The van der Waals surface area contributed by atoms with E-state index in [1.165, 1.54) is 30.0 Å². The van der Waals surface area contributed by atoms with Crippen molar-refractivity contribution in [2.24, 2.45) is 11.8 Å². The molecule has 2 saturated heterocycles. The van der Waals surface area contributed by atoms with Gasteiger partial charge in [-0.25, -0.2) is 19.0 Å². The molecule has 12 heteroatoms. The van der Waals surface area contributed by atoms with Crippen LogP contribution in [0.2, 0.25) is 5.28 Å². The molecule has 2 unspecified atom stereocenters. The van der Waals surface area contributed by atoms with Gasteiger partial charge >= 0.3 is 0 Å². The van der Waals surface area contributed by atoms with Crippen LogP contribution in [0.15, 0.2) is 24.3 Å². The van der Waals surface area contributed by atoms with Crippen molar-refractivity contribution in [2.45, 2.75) is 78.3 Å².